The molecular weight excluding hydrogens is 212 g/mol. The fourth-order valence-corrected chi connectivity index (χ4v) is 2.07. The summed E-state index contributed by atoms with van der Waals surface area (Å²) in [5.41, 5.74) is 5.60. The molecule has 0 aromatic carbocycles. The minimum absolute atomic E-state index is 0.120. The van der Waals surface area contributed by atoms with Crippen molar-refractivity contribution in [2.24, 2.45) is 5.73 Å². The molecule has 1 aromatic rings. The zero-order chi connectivity index (χ0) is 10.7. The zero-order valence-corrected chi connectivity index (χ0v) is 9.59. The molecule has 1 aromatic heterocycles. The molecule has 2 rings (SSSR count). The van der Waals surface area contributed by atoms with Crippen LogP contribution in [0.5, 0.6) is 0 Å². The van der Waals surface area contributed by atoms with Crippen LogP contribution in [0.4, 0.5) is 5.13 Å². The molecule has 84 valence electrons. The van der Waals surface area contributed by atoms with Crippen LogP contribution in [-0.4, -0.2) is 35.7 Å². The molecule has 1 fully saturated rings. The van der Waals surface area contributed by atoms with E-state index in [1.165, 1.54) is 24.4 Å². The van der Waals surface area contributed by atoms with Gasteiger partial charge in [0.1, 0.15) is 5.82 Å². The van der Waals surface area contributed by atoms with Gasteiger partial charge in [0, 0.05) is 31.1 Å². The van der Waals surface area contributed by atoms with Crippen molar-refractivity contribution in [3.63, 3.8) is 0 Å². The van der Waals surface area contributed by atoms with Gasteiger partial charge in [0.05, 0.1) is 12.6 Å². The van der Waals surface area contributed by atoms with Gasteiger partial charge in [-0.3, -0.25) is 0 Å². The average Bonchev–Trinajstić information content (AvgIpc) is 2.99. The van der Waals surface area contributed by atoms with Crippen LogP contribution in [0.15, 0.2) is 0 Å². The highest BCUT2D eigenvalue weighted by molar-refractivity contribution is 7.09. The molecule has 0 radical (unpaired) electrons. The Morgan fingerprint density at radius 1 is 1.67 bits per heavy atom. The van der Waals surface area contributed by atoms with Crippen molar-refractivity contribution in [2.45, 2.75) is 24.8 Å². The SMILES string of the molecule is COCC(CN)Nc1nc(C2CC2)ns1. The Morgan fingerprint density at radius 3 is 3.07 bits per heavy atom. The summed E-state index contributed by atoms with van der Waals surface area (Å²) in [5, 5.41) is 4.08. The van der Waals surface area contributed by atoms with E-state index >= 15 is 0 Å². The third-order valence-corrected chi connectivity index (χ3v) is 3.02. The molecule has 1 heterocycles. The van der Waals surface area contributed by atoms with Crippen molar-refractivity contribution in [1.82, 2.24) is 9.36 Å². The van der Waals surface area contributed by atoms with Gasteiger partial charge in [0.2, 0.25) is 5.13 Å². The quantitative estimate of drug-likeness (QED) is 0.753. The van der Waals surface area contributed by atoms with Gasteiger partial charge < -0.3 is 15.8 Å². The van der Waals surface area contributed by atoms with Crippen molar-refractivity contribution in [2.75, 3.05) is 25.6 Å². The number of nitrogens with zero attached hydrogens (tertiary/aromatic N) is 2. The number of hydrogen-bond acceptors (Lipinski definition) is 6. The first kappa shape index (κ1) is 10.8. The molecule has 1 atom stereocenters. The molecule has 0 aliphatic heterocycles. The van der Waals surface area contributed by atoms with Crippen LogP contribution in [0.25, 0.3) is 0 Å². The molecule has 1 aliphatic rings. The first-order chi connectivity index (χ1) is 7.33. The number of nitrogens with one attached hydrogen (secondary N) is 1. The van der Waals surface area contributed by atoms with E-state index in [1.807, 2.05) is 0 Å². The molecule has 0 saturated heterocycles. The van der Waals surface area contributed by atoms with E-state index in [-0.39, 0.29) is 6.04 Å². The standard InChI is InChI=1S/C9H16N4OS/c1-14-5-7(4-10)11-9-12-8(13-15-9)6-2-3-6/h6-7H,2-5,10H2,1H3,(H,11,12,13). The van der Waals surface area contributed by atoms with E-state index < -0.39 is 0 Å². The fourth-order valence-electron chi connectivity index (χ4n) is 1.35. The molecule has 1 aliphatic carbocycles. The maximum atomic E-state index is 5.60. The first-order valence-corrected chi connectivity index (χ1v) is 5.90. The van der Waals surface area contributed by atoms with E-state index in [1.54, 1.807) is 7.11 Å². The molecule has 0 amide bonds. The summed E-state index contributed by atoms with van der Waals surface area (Å²) in [7, 11) is 1.67. The number of aromatic nitrogens is 2. The van der Waals surface area contributed by atoms with Gasteiger partial charge in [-0.25, -0.2) is 4.98 Å². The third kappa shape index (κ3) is 2.87. The predicted molar refractivity (Wildman–Crippen MR) is 60.2 cm³/mol. The van der Waals surface area contributed by atoms with Crippen LogP contribution in [0.2, 0.25) is 0 Å². The van der Waals surface area contributed by atoms with Gasteiger partial charge in [-0.05, 0) is 12.8 Å². The Kier molecular flexibility index (Phi) is 3.50. The van der Waals surface area contributed by atoms with Gasteiger partial charge in [-0.2, -0.15) is 4.37 Å². The van der Waals surface area contributed by atoms with Crippen LogP contribution < -0.4 is 11.1 Å². The van der Waals surface area contributed by atoms with Crippen molar-refractivity contribution in [3.8, 4) is 0 Å². The lowest BCUT2D eigenvalue weighted by atomic mass is 10.3. The van der Waals surface area contributed by atoms with Crippen LogP contribution >= 0.6 is 11.5 Å². The molecule has 5 nitrogen and oxygen atoms in total. The maximum absolute atomic E-state index is 5.60. The highest BCUT2D eigenvalue weighted by atomic mass is 32.1. The number of rotatable bonds is 6. The second kappa shape index (κ2) is 4.87. The Bertz CT molecular complexity index is 313. The number of nitrogens with two attached hydrogens (primary N) is 1. The first-order valence-electron chi connectivity index (χ1n) is 5.12. The summed E-state index contributed by atoms with van der Waals surface area (Å²) in [6, 6.07) is 0.120. The summed E-state index contributed by atoms with van der Waals surface area (Å²) in [6.07, 6.45) is 2.46. The maximum Gasteiger partial charge on any atom is 0.202 e. The second-order valence-corrected chi connectivity index (χ2v) is 4.52. The summed E-state index contributed by atoms with van der Waals surface area (Å²) < 4.78 is 9.36. The Balaban J connectivity index is 1.90. The molecule has 15 heavy (non-hydrogen) atoms. The molecular formula is C9H16N4OS. The molecule has 3 N–H and O–H groups in total. The van der Waals surface area contributed by atoms with Crippen molar-refractivity contribution >= 4 is 16.7 Å². The Labute approximate surface area is 93.2 Å². The van der Waals surface area contributed by atoms with Crippen molar-refractivity contribution < 1.29 is 4.74 Å². The Morgan fingerprint density at radius 2 is 2.47 bits per heavy atom. The monoisotopic (exact) mass is 228 g/mol. The molecule has 6 heteroatoms. The third-order valence-electron chi connectivity index (χ3n) is 2.36. The second-order valence-electron chi connectivity index (χ2n) is 3.76. The minimum Gasteiger partial charge on any atom is -0.383 e. The van der Waals surface area contributed by atoms with E-state index in [0.717, 1.165) is 11.0 Å². The van der Waals surface area contributed by atoms with E-state index in [2.05, 4.69) is 14.7 Å². The van der Waals surface area contributed by atoms with Crippen LogP contribution in [0.3, 0.4) is 0 Å². The average molecular weight is 228 g/mol. The minimum atomic E-state index is 0.120. The Hall–Kier alpha value is -0.720. The predicted octanol–water partition coefficient (Wildman–Crippen LogP) is 0.801. The largest absolute Gasteiger partial charge is 0.383 e. The number of methoxy groups -OCH3 is 1. The summed E-state index contributed by atoms with van der Waals surface area (Å²) in [4.78, 5) is 4.43. The lowest BCUT2D eigenvalue weighted by Gasteiger charge is -2.13. The summed E-state index contributed by atoms with van der Waals surface area (Å²) in [5.74, 6) is 1.59. The van der Waals surface area contributed by atoms with Gasteiger partial charge in [-0.15, -0.1) is 0 Å². The van der Waals surface area contributed by atoms with Crippen molar-refractivity contribution in [1.29, 1.82) is 0 Å². The normalized spacial score (nSPS) is 17.7. The van der Waals surface area contributed by atoms with Gasteiger partial charge in [-0.1, -0.05) is 0 Å². The number of hydrogen-bond donors (Lipinski definition) is 2. The fraction of sp³-hybridized carbons (Fsp3) is 0.778. The topological polar surface area (TPSA) is 73.1 Å². The highest BCUT2D eigenvalue weighted by Gasteiger charge is 2.27. The van der Waals surface area contributed by atoms with E-state index in [4.69, 9.17) is 10.5 Å². The van der Waals surface area contributed by atoms with Crippen LogP contribution in [0.1, 0.15) is 24.6 Å². The smallest absolute Gasteiger partial charge is 0.202 e. The summed E-state index contributed by atoms with van der Waals surface area (Å²) >= 11 is 1.40. The van der Waals surface area contributed by atoms with Crippen LogP contribution in [-0.2, 0) is 4.74 Å². The molecule has 0 bridgehead atoms. The molecule has 1 unspecified atom stereocenters. The van der Waals surface area contributed by atoms with Crippen LogP contribution in [0, 0.1) is 0 Å². The molecule has 0 spiro atoms. The molecule has 1 saturated carbocycles. The lowest BCUT2D eigenvalue weighted by molar-refractivity contribution is 0.187. The zero-order valence-electron chi connectivity index (χ0n) is 8.77. The van der Waals surface area contributed by atoms with E-state index in [0.29, 0.717) is 19.1 Å². The number of anilines is 1. The lowest BCUT2D eigenvalue weighted by Crippen LogP contribution is -2.32. The highest BCUT2D eigenvalue weighted by Crippen LogP contribution is 2.39. The van der Waals surface area contributed by atoms with Gasteiger partial charge >= 0.3 is 0 Å². The summed E-state index contributed by atoms with van der Waals surface area (Å²) in [6.45, 7) is 1.13. The van der Waals surface area contributed by atoms with Crippen molar-refractivity contribution in [3.05, 3.63) is 5.82 Å². The van der Waals surface area contributed by atoms with E-state index in [9.17, 15) is 0 Å². The number of ether oxygens (including phenoxy) is 1. The van der Waals surface area contributed by atoms with Gasteiger partial charge in [0.25, 0.3) is 0 Å². The van der Waals surface area contributed by atoms with Gasteiger partial charge in [0.15, 0.2) is 0 Å².